The van der Waals surface area contributed by atoms with Crippen LogP contribution in [0.4, 0.5) is 19.1 Å². The third-order valence-corrected chi connectivity index (χ3v) is 6.58. The van der Waals surface area contributed by atoms with Crippen molar-refractivity contribution in [1.82, 2.24) is 30.0 Å². The molecule has 3 aromatic rings. The summed E-state index contributed by atoms with van der Waals surface area (Å²) in [5.74, 6) is -1.61. The minimum absolute atomic E-state index is 0.119. The van der Waals surface area contributed by atoms with Crippen molar-refractivity contribution in [2.75, 3.05) is 5.73 Å². The summed E-state index contributed by atoms with van der Waals surface area (Å²) in [4.78, 5) is 24.5. The molecule has 0 saturated carbocycles. The predicted octanol–water partition coefficient (Wildman–Crippen LogP) is 2.21. The topological polar surface area (TPSA) is 155 Å². The number of aromatic nitrogens is 5. The molecule has 182 valence electrons. The van der Waals surface area contributed by atoms with E-state index < -0.39 is 44.0 Å². The number of hydrogen-bond donors (Lipinski definition) is 2. The maximum atomic E-state index is 12.9. The molecule has 0 bridgehead atoms. The highest BCUT2D eigenvalue weighted by molar-refractivity contribution is 7.92. The number of nitrogens with zero attached hydrogens (tertiary/aromatic N) is 5. The van der Waals surface area contributed by atoms with Crippen LogP contribution in [0.25, 0.3) is 5.95 Å². The Labute approximate surface area is 192 Å². The van der Waals surface area contributed by atoms with Crippen LogP contribution in [0.5, 0.6) is 5.75 Å². The number of halogens is 3. The molecule has 0 radical (unpaired) electrons. The van der Waals surface area contributed by atoms with Crippen LogP contribution in [-0.4, -0.2) is 50.7 Å². The molecule has 1 amide bonds. The smallest absolute Gasteiger partial charge is 0.406 e. The molecule has 0 aliphatic heterocycles. The van der Waals surface area contributed by atoms with Crippen LogP contribution in [0.1, 0.15) is 43.0 Å². The van der Waals surface area contributed by atoms with Gasteiger partial charge in [0.05, 0.1) is 16.2 Å². The lowest BCUT2D eigenvalue weighted by molar-refractivity contribution is -0.274. The summed E-state index contributed by atoms with van der Waals surface area (Å²) in [7, 11) is -4.02. The van der Waals surface area contributed by atoms with E-state index in [2.05, 4.69) is 30.1 Å². The summed E-state index contributed by atoms with van der Waals surface area (Å²) >= 11 is 0. The van der Waals surface area contributed by atoms with E-state index >= 15 is 0 Å². The third kappa shape index (κ3) is 5.59. The minimum atomic E-state index is -5.09. The lowest BCUT2D eigenvalue weighted by Gasteiger charge is -2.16. The zero-order chi connectivity index (χ0) is 25.3. The van der Waals surface area contributed by atoms with E-state index in [1.54, 1.807) is 6.07 Å². The molecule has 0 unspecified atom stereocenters. The fraction of sp³-hybridized carbons (Fsp3) is 0.316. The first-order chi connectivity index (χ1) is 15.8. The molecule has 1 aromatic carbocycles. The monoisotopic (exact) mass is 499 g/mol. The number of rotatable bonds is 7. The SMILES string of the molecule is CC(C)S(=O)(=O)c1cc(OC(F)(F)F)cc(C(=O)N[C@@H](C)c2nc(N)nn2-c2ncccn2)c1. The zero-order valence-corrected chi connectivity index (χ0v) is 18.9. The average molecular weight is 499 g/mol. The van der Waals surface area contributed by atoms with Gasteiger partial charge in [0, 0.05) is 18.0 Å². The van der Waals surface area contributed by atoms with Crippen LogP contribution in [0, 0.1) is 0 Å². The molecule has 0 fully saturated rings. The molecule has 2 aromatic heterocycles. The van der Waals surface area contributed by atoms with Crippen molar-refractivity contribution in [3.63, 3.8) is 0 Å². The van der Waals surface area contributed by atoms with E-state index in [0.717, 1.165) is 12.1 Å². The van der Waals surface area contributed by atoms with Crippen molar-refractivity contribution in [1.29, 1.82) is 0 Å². The number of ether oxygens (including phenoxy) is 1. The highest BCUT2D eigenvalue weighted by Crippen LogP contribution is 2.29. The van der Waals surface area contributed by atoms with Gasteiger partial charge >= 0.3 is 6.36 Å². The van der Waals surface area contributed by atoms with Gasteiger partial charge in [-0.2, -0.15) is 9.67 Å². The van der Waals surface area contributed by atoms with Gasteiger partial charge in [0.2, 0.25) is 5.95 Å². The second-order valence-electron chi connectivity index (χ2n) is 7.32. The number of amides is 1. The third-order valence-electron chi connectivity index (χ3n) is 4.45. The van der Waals surface area contributed by atoms with Crippen molar-refractivity contribution < 1.29 is 31.1 Å². The number of carbonyl (C=O) groups excluding carboxylic acids is 1. The Morgan fingerprint density at radius 3 is 2.38 bits per heavy atom. The van der Waals surface area contributed by atoms with E-state index in [1.165, 1.54) is 37.8 Å². The summed E-state index contributed by atoms with van der Waals surface area (Å²) in [6, 6.07) is 3.17. The zero-order valence-electron chi connectivity index (χ0n) is 18.1. The van der Waals surface area contributed by atoms with E-state index in [9.17, 15) is 26.4 Å². The molecule has 15 heteroatoms. The normalized spacial score (nSPS) is 13.0. The molecule has 0 saturated heterocycles. The summed E-state index contributed by atoms with van der Waals surface area (Å²) < 4.78 is 68.5. The molecule has 2 heterocycles. The highest BCUT2D eigenvalue weighted by atomic mass is 32.2. The van der Waals surface area contributed by atoms with E-state index in [4.69, 9.17) is 5.73 Å². The number of nitrogens with two attached hydrogens (primary N) is 1. The Morgan fingerprint density at radius 2 is 1.79 bits per heavy atom. The number of nitrogen functional groups attached to an aromatic ring is 1. The standard InChI is InChI=1S/C19H20F3N7O4S/c1-10(2)34(31,32)14-8-12(7-13(9-14)33-19(20,21)22)16(30)26-11(3)15-27-17(23)28-29(15)18-24-5-4-6-25-18/h4-11H,1-3H3,(H2,23,28)(H,26,30)/t11-/m0/s1. The Balaban J connectivity index is 1.96. The maximum absolute atomic E-state index is 12.9. The van der Waals surface area contributed by atoms with Crippen molar-refractivity contribution in [2.24, 2.45) is 0 Å². The number of carbonyl (C=O) groups is 1. The predicted molar refractivity (Wildman–Crippen MR) is 113 cm³/mol. The molecule has 3 N–H and O–H groups in total. The van der Waals surface area contributed by atoms with Crippen LogP contribution in [0.3, 0.4) is 0 Å². The minimum Gasteiger partial charge on any atom is -0.406 e. The van der Waals surface area contributed by atoms with Crippen LogP contribution in [0.15, 0.2) is 41.6 Å². The van der Waals surface area contributed by atoms with E-state index in [-0.39, 0.29) is 23.3 Å². The van der Waals surface area contributed by atoms with Crippen molar-refractivity contribution in [2.45, 2.75) is 43.3 Å². The van der Waals surface area contributed by atoms with Gasteiger partial charge in [-0.15, -0.1) is 18.3 Å². The second kappa shape index (κ2) is 9.24. The molecule has 0 aliphatic carbocycles. The van der Waals surface area contributed by atoms with Gasteiger partial charge in [0.15, 0.2) is 15.7 Å². The van der Waals surface area contributed by atoms with Gasteiger partial charge in [-0.1, -0.05) is 0 Å². The van der Waals surface area contributed by atoms with Gasteiger partial charge in [-0.05, 0) is 45.0 Å². The van der Waals surface area contributed by atoms with E-state index in [0.29, 0.717) is 6.07 Å². The Hall–Kier alpha value is -3.75. The number of alkyl halides is 3. The quantitative estimate of drug-likeness (QED) is 0.498. The van der Waals surface area contributed by atoms with Crippen molar-refractivity contribution >= 4 is 21.7 Å². The lowest BCUT2D eigenvalue weighted by atomic mass is 10.2. The first-order valence-electron chi connectivity index (χ1n) is 9.73. The van der Waals surface area contributed by atoms with Gasteiger partial charge in [0.25, 0.3) is 11.9 Å². The number of benzene rings is 1. The van der Waals surface area contributed by atoms with Gasteiger partial charge < -0.3 is 15.8 Å². The molecule has 1 atom stereocenters. The average Bonchev–Trinajstić information content (AvgIpc) is 3.14. The molecule has 0 spiro atoms. The number of hydrogen-bond acceptors (Lipinski definition) is 9. The van der Waals surface area contributed by atoms with Crippen LogP contribution >= 0.6 is 0 Å². The molecule has 3 rings (SSSR count). The van der Waals surface area contributed by atoms with Crippen LogP contribution < -0.4 is 15.8 Å². The number of sulfone groups is 1. The lowest BCUT2D eigenvalue weighted by Crippen LogP contribution is -2.29. The van der Waals surface area contributed by atoms with Crippen molar-refractivity contribution in [3.8, 4) is 11.7 Å². The molecular weight excluding hydrogens is 479 g/mol. The summed E-state index contributed by atoms with van der Waals surface area (Å²) in [6.45, 7) is 4.23. The Bertz CT molecular complexity index is 1290. The Morgan fingerprint density at radius 1 is 1.15 bits per heavy atom. The first-order valence-corrected chi connectivity index (χ1v) is 11.3. The summed E-state index contributed by atoms with van der Waals surface area (Å²) in [6.07, 6.45) is -2.18. The largest absolute Gasteiger partial charge is 0.573 e. The first kappa shape index (κ1) is 24.9. The fourth-order valence-corrected chi connectivity index (χ4v) is 3.96. The van der Waals surface area contributed by atoms with Crippen molar-refractivity contribution in [3.05, 3.63) is 48.0 Å². The second-order valence-corrected chi connectivity index (χ2v) is 9.82. The molecular formula is C19H20F3N7O4S. The van der Waals surface area contributed by atoms with Crippen LogP contribution in [-0.2, 0) is 9.84 Å². The Kier molecular flexibility index (Phi) is 6.77. The summed E-state index contributed by atoms with van der Waals surface area (Å²) in [5.41, 5.74) is 5.30. The number of anilines is 1. The summed E-state index contributed by atoms with van der Waals surface area (Å²) in [5, 5.41) is 5.57. The molecule has 34 heavy (non-hydrogen) atoms. The van der Waals surface area contributed by atoms with Gasteiger partial charge in [-0.3, -0.25) is 4.79 Å². The fourth-order valence-electron chi connectivity index (χ4n) is 2.85. The van der Waals surface area contributed by atoms with Gasteiger partial charge in [0.1, 0.15) is 5.75 Å². The van der Waals surface area contributed by atoms with Crippen LogP contribution in [0.2, 0.25) is 0 Å². The van der Waals surface area contributed by atoms with Gasteiger partial charge in [-0.25, -0.2) is 18.4 Å². The maximum Gasteiger partial charge on any atom is 0.573 e. The molecule has 0 aliphatic rings. The number of nitrogens with one attached hydrogen (secondary N) is 1. The highest BCUT2D eigenvalue weighted by Gasteiger charge is 2.33. The molecule has 11 nitrogen and oxygen atoms in total. The van der Waals surface area contributed by atoms with E-state index in [1.807, 2.05) is 0 Å².